The summed E-state index contributed by atoms with van der Waals surface area (Å²) in [6.45, 7) is 2.86. The molecule has 1 aliphatic heterocycles. The van der Waals surface area contributed by atoms with Crippen LogP contribution in [0.25, 0.3) is 0 Å². The van der Waals surface area contributed by atoms with Gasteiger partial charge in [-0.2, -0.15) is 0 Å². The molecule has 3 heteroatoms. The Morgan fingerprint density at radius 2 is 2.00 bits per heavy atom. The Kier molecular flexibility index (Phi) is 4.13. The number of aliphatic imine (C=N–C) groups is 1. The zero-order valence-corrected chi connectivity index (χ0v) is 11.0. The normalized spacial score (nSPS) is 16.9. The van der Waals surface area contributed by atoms with E-state index in [1.165, 1.54) is 12.7 Å². The summed E-state index contributed by atoms with van der Waals surface area (Å²) in [5.41, 5.74) is 3.14. The number of carbonyl (C=O) groups is 1. The molecule has 0 fully saturated rings. The Balaban J connectivity index is 2.33. The monoisotopic (exact) mass is 245 g/mol. The highest BCUT2D eigenvalue weighted by Crippen LogP contribution is 2.24. The van der Waals surface area contributed by atoms with Crippen LogP contribution in [-0.2, 0) is 9.53 Å². The van der Waals surface area contributed by atoms with E-state index >= 15 is 0 Å². The summed E-state index contributed by atoms with van der Waals surface area (Å²) in [6, 6.07) is 8.03. The molecule has 1 unspecified atom stereocenters. The van der Waals surface area contributed by atoms with Gasteiger partial charge in [-0.25, -0.2) is 0 Å². The summed E-state index contributed by atoms with van der Waals surface area (Å²) >= 11 is 0. The number of methoxy groups -OCH3 is 1. The summed E-state index contributed by atoms with van der Waals surface area (Å²) in [4.78, 5) is 16.5. The van der Waals surface area contributed by atoms with E-state index in [0.717, 1.165) is 37.1 Å². The number of hydrogen-bond donors (Lipinski definition) is 0. The van der Waals surface area contributed by atoms with Gasteiger partial charge >= 0.3 is 5.97 Å². The standard InChI is InChI=1S/C15H19NO2/c1-11-6-8-12(9-7-11)14(15(17)18-2)13-5-3-4-10-16-13/h6-9,14H,3-5,10H2,1-2H3. The van der Waals surface area contributed by atoms with Crippen molar-refractivity contribution < 1.29 is 9.53 Å². The molecule has 0 spiro atoms. The third-order valence-corrected chi connectivity index (χ3v) is 3.34. The fourth-order valence-electron chi connectivity index (χ4n) is 2.30. The largest absolute Gasteiger partial charge is 0.468 e. The molecule has 1 aromatic rings. The van der Waals surface area contributed by atoms with Gasteiger partial charge in [0.15, 0.2) is 0 Å². The average Bonchev–Trinajstić information content (AvgIpc) is 2.42. The molecular weight excluding hydrogens is 226 g/mol. The van der Waals surface area contributed by atoms with Crippen molar-refractivity contribution in [3.05, 3.63) is 35.4 Å². The van der Waals surface area contributed by atoms with Crippen LogP contribution in [0, 0.1) is 6.92 Å². The first kappa shape index (κ1) is 12.8. The molecule has 0 aliphatic carbocycles. The second-order valence-electron chi connectivity index (χ2n) is 4.70. The molecular formula is C15H19NO2. The van der Waals surface area contributed by atoms with Crippen molar-refractivity contribution in [1.29, 1.82) is 0 Å². The van der Waals surface area contributed by atoms with Gasteiger partial charge in [0.05, 0.1) is 7.11 Å². The molecule has 0 amide bonds. The smallest absolute Gasteiger partial charge is 0.318 e. The first-order valence-electron chi connectivity index (χ1n) is 6.40. The number of rotatable bonds is 3. The predicted octanol–water partition coefficient (Wildman–Crippen LogP) is 2.88. The second kappa shape index (κ2) is 5.80. The lowest BCUT2D eigenvalue weighted by Crippen LogP contribution is -2.25. The first-order chi connectivity index (χ1) is 8.72. The Labute approximate surface area is 108 Å². The highest BCUT2D eigenvalue weighted by Gasteiger charge is 2.27. The fourth-order valence-corrected chi connectivity index (χ4v) is 2.30. The summed E-state index contributed by atoms with van der Waals surface area (Å²) in [6.07, 6.45) is 3.12. The molecule has 1 heterocycles. The molecule has 0 radical (unpaired) electrons. The number of nitrogens with zero attached hydrogens (tertiary/aromatic N) is 1. The van der Waals surface area contributed by atoms with E-state index in [4.69, 9.17) is 4.74 Å². The third-order valence-electron chi connectivity index (χ3n) is 3.34. The highest BCUT2D eigenvalue weighted by molar-refractivity contribution is 6.07. The first-order valence-corrected chi connectivity index (χ1v) is 6.40. The number of aryl methyl sites for hydroxylation is 1. The molecule has 1 aromatic carbocycles. The molecule has 0 N–H and O–H groups in total. The number of hydrogen-bond acceptors (Lipinski definition) is 3. The van der Waals surface area contributed by atoms with Crippen LogP contribution in [0.15, 0.2) is 29.3 Å². The fraction of sp³-hybridized carbons (Fsp3) is 0.467. The van der Waals surface area contributed by atoms with Crippen molar-refractivity contribution in [2.45, 2.75) is 32.1 Å². The summed E-state index contributed by atoms with van der Waals surface area (Å²) in [5.74, 6) is -0.532. The minimum absolute atomic E-state index is 0.209. The zero-order valence-electron chi connectivity index (χ0n) is 11.0. The molecule has 1 atom stereocenters. The van der Waals surface area contributed by atoms with Gasteiger partial charge in [-0.1, -0.05) is 29.8 Å². The van der Waals surface area contributed by atoms with Crippen molar-refractivity contribution in [1.82, 2.24) is 0 Å². The van der Waals surface area contributed by atoms with Gasteiger partial charge < -0.3 is 4.74 Å². The predicted molar refractivity (Wildman–Crippen MR) is 72.1 cm³/mol. The number of benzene rings is 1. The Hall–Kier alpha value is -1.64. The number of ether oxygens (including phenoxy) is 1. The molecule has 18 heavy (non-hydrogen) atoms. The van der Waals surface area contributed by atoms with Crippen LogP contribution in [0.3, 0.4) is 0 Å². The lowest BCUT2D eigenvalue weighted by molar-refractivity contribution is -0.140. The summed E-state index contributed by atoms with van der Waals surface area (Å²) in [5, 5.41) is 0. The topological polar surface area (TPSA) is 38.7 Å². The van der Waals surface area contributed by atoms with E-state index in [1.54, 1.807) is 0 Å². The molecule has 96 valence electrons. The molecule has 1 aliphatic rings. The van der Waals surface area contributed by atoms with Crippen molar-refractivity contribution in [2.75, 3.05) is 13.7 Å². The van der Waals surface area contributed by atoms with Crippen LogP contribution in [0.5, 0.6) is 0 Å². The lowest BCUT2D eigenvalue weighted by Gasteiger charge is -2.20. The van der Waals surface area contributed by atoms with Gasteiger partial charge in [0.2, 0.25) is 0 Å². The van der Waals surface area contributed by atoms with Crippen molar-refractivity contribution in [3.63, 3.8) is 0 Å². The maximum Gasteiger partial charge on any atom is 0.318 e. The second-order valence-corrected chi connectivity index (χ2v) is 4.70. The molecule has 2 rings (SSSR count). The Bertz CT molecular complexity index is 448. The Morgan fingerprint density at radius 1 is 1.28 bits per heavy atom. The summed E-state index contributed by atoms with van der Waals surface area (Å²) < 4.78 is 4.93. The molecule has 0 aromatic heterocycles. The minimum atomic E-state index is -0.323. The molecule has 0 saturated carbocycles. The zero-order chi connectivity index (χ0) is 13.0. The van der Waals surface area contributed by atoms with E-state index in [2.05, 4.69) is 4.99 Å². The molecule has 0 bridgehead atoms. The Morgan fingerprint density at radius 3 is 2.56 bits per heavy atom. The van der Waals surface area contributed by atoms with E-state index in [9.17, 15) is 4.79 Å². The highest BCUT2D eigenvalue weighted by atomic mass is 16.5. The van der Waals surface area contributed by atoms with Crippen LogP contribution in [-0.4, -0.2) is 25.3 Å². The molecule has 0 saturated heterocycles. The minimum Gasteiger partial charge on any atom is -0.468 e. The van der Waals surface area contributed by atoms with Crippen LogP contribution < -0.4 is 0 Å². The van der Waals surface area contributed by atoms with E-state index in [-0.39, 0.29) is 11.9 Å². The lowest BCUT2D eigenvalue weighted by atomic mass is 9.89. The number of carbonyl (C=O) groups excluding carboxylic acids is 1. The van der Waals surface area contributed by atoms with Gasteiger partial charge in [-0.3, -0.25) is 9.79 Å². The van der Waals surface area contributed by atoms with E-state index < -0.39 is 0 Å². The van der Waals surface area contributed by atoms with Gasteiger partial charge in [0.25, 0.3) is 0 Å². The van der Waals surface area contributed by atoms with Gasteiger partial charge in [0, 0.05) is 12.3 Å². The van der Waals surface area contributed by atoms with Gasteiger partial charge in [0.1, 0.15) is 5.92 Å². The quantitative estimate of drug-likeness (QED) is 0.768. The summed E-state index contributed by atoms with van der Waals surface area (Å²) in [7, 11) is 1.44. The van der Waals surface area contributed by atoms with Crippen LogP contribution in [0.4, 0.5) is 0 Å². The average molecular weight is 245 g/mol. The molecule has 3 nitrogen and oxygen atoms in total. The van der Waals surface area contributed by atoms with Crippen molar-refractivity contribution in [3.8, 4) is 0 Å². The maximum absolute atomic E-state index is 12.0. The van der Waals surface area contributed by atoms with Crippen LogP contribution >= 0.6 is 0 Å². The van der Waals surface area contributed by atoms with Crippen molar-refractivity contribution >= 4 is 11.7 Å². The van der Waals surface area contributed by atoms with Gasteiger partial charge in [-0.05, 0) is 31.7 Å². The van der Waals surface area contributed by atoms with Crippen LogP contribution in [0.1, 0.15) is 36.3 Å². The maximum atomic E-state index is 12.0. The van der Waals surface area contributed by atoms with E-state index in [1.807, 2.05) is 31.2 Å². The SMILES string of the molecule is COC(=O)C(C1=NCCCC1)c1ccc(C)cc1. The van der Waals surface area contributed by atoms with E-state index in [0.29, 0.717) is 0 Å². The van der Waals surface area contributed by atoms with Crippen molar-refractivity contribution in [2.24, 2.45) is 4.99 Å². The van der Waals surface area contributed by atoms with Gasteiger partial charge in [-0.15, -0.1) is 0 Å². The van der Waals surface area contributed by atoms with Crippen LogP contribution in [0.2, 0.25) is 0 Å². The third kappa shape index (κ3) is 2.78. The number of esters is 1.